The van der Waals surface area contributed by atoms with E-state index in [4.69, 9.17) is 0 Å². The van der Waals surface area contributed by atoms with Crippen LogP contribution in [0.1, 0.15) is 38.7 Å². The Hall–Kier alpha value is -1.89. The largest absolute Gasteiger partial charge is 0.481 e. The maximum atomic E-state index is 12.5. The summed E-state index contributed by atoms with van der Waals surface area (Å²) in [6.07, 6.45) is 2.10. The molecule has 1 amide bonds. The Bertz CT molecular complexity index is 726. The molecule has 1 fully saturated rings. The highest BCUT2D eigenvalue weighted by molar-refractivity contribution is 7.91. The van der Waals surface area contributed by atoms with Crippen molar-refractivity contribution in [1.29, 1.82) is 0 Å². The Labute approximate surface area is 148 Å². The molecule has 2 atom stereocenters. The minimum absolute atomic E-state index is 0.0521. The highest BCUT2D eigenvalue weighted by atomic mass is 32.2. The molecular formula is C18H25NO5S. The highest BCUT2D eigenvalue weighted by Gasteiger charge is 2.34. The lowest BCUT2D eigenvalue weighted by Crippen LogP contribution is -2.49. The number of benzene rings is 1. The van der Waals surface area contributed by atoms with Crippen LogP contribution in [0, 0.1) is 5.92 Å². The quantitative estimate of drug-likeness (QED) is 0.831. The van der Waals surface area contributed by atoms with Gasteiger partial charge in [0.1, 0.15) is 0 Å². The molecule has 1 aromatic carbocycles. The van der Waals surface area contributed by atoms with E-state index < -0.39 is 21.7 Å². The molecule has 25 heavy (non-hydrogen) atoms. The standard InChI is InChI=1S/C18H25NO5S/c1-3-25(23,24)15-9-6-14(7-10-15)8-11-17(20)19-12-4-5-16(13(19)2)18(21)22/h6-7,9-10,13,16H,3-5,8,11-12H2,1-2H3,(H,21,22)/t13-,16-/m0/s1. The molecule has 1 aliphatic rings. The lowest BCUT2D eigenvalue weighted by atomic mass is 9.90. The summed E-state index contributed by atoms with van der Waals surface area (Å²) in [5, 5.41) is 9.24. The first-order chi connectivity index (χ1) is 11.8. The molecule has 1 heterocycles. The Morgan fingerprint density at radius 3 is 2.44 bits per heavy atom. The van der Waals surface area contributed by atoms with Crippen molar-refractivity contribution < 1.29 is 23.1 Å². The SMILES string of the molecule is CCS(=O)(=O)c1ccc(CCC(=O)N2CCC[C@H](C(=O)O)[C@@H]2C)cc1. The van der Waals surface area contributed by atoms with Gasteiger partial charge < -0.3 is 10.0 Å². The minimum atomic E-state index is -3.22. The fourth-order valence-electron chi connectivity index (χ4n) is 3.25. The van der Waals surface area contributed by atoms with Gasteiger partial charge in [-0.05, 0) is 43.9 Å². The zero-order chi connectivity index (χ0) is 18.6. The van der Waals surface area contributed by atoms with Gasteiger partial charge in [-0.3, -0.25) is 9.59 Å². The second-order valence-electron chi connectivity index (χ2n) is 6.46. The summed E-state index contributed by atoms with van der Waals surface area (Å²) < 4.78 is 23.6. The number of carbonyl (C=O) groups excluding carboxylic acids is 1. The predicted octanol–water partition coefficient (Wildman–Crippen LogP) is 2.12. The number of aryl methyl sites for hydroxylation is 1. The molecule has 1 N–H and O–H groups in total. The Morgan fingerprint density at radius 2 is 1.88 bits per heavy atom. The van der Waals surface area contributed by atoms with Crippen molar-refractivity contribution in [2.45, 2.75) is 50.5 Å². The smallest absolute Gasteiger partial charge is 0.308 e. The van der Waals surface area contributed by atoms with Crippen LogP contribution < -0.4 is 0 Å². The number of carboxylic acids is 1. The lowest BCUT2D eigenvalue weighted by molar-refractivity contribution is -0.149. The van der Waals surface area contributed by atoms with Crippen molar-refractivity contribution in [1.82, 2.24) is 4.90 Å². The molecule has 1 saturated heterocycles. The summed E-state index contributed by atoms with van der Waals surface area (Å²) in [6.45, 7) is 3.99. The van der Waals surface area contributed by atoms with Gasteiger partial charge >= 0.3 is 5.97 Å². The number of rotatable bonds is 6. The summed E-state index contributed by atoms with van der Waals surface area (Å²) >= 11 is 0. The molecule has 0 aliphatic carbocycles. The predicted molar refractivity (Wildman–Crippen MR) is 94.0 cm³/mol. The monoisotopic (exact) mass is 367 g/mol. The third-order valence-corrected chi connectivity index (χ3v) is 6.67. The van der Waals surface area contributed by atoms with Gasteiger partial charge in [-0.15, -0.1) is 0 Å². The normalized spacial score (nSPS) is 21.1. The molecule has 1 aliphatic heterocycles. The number of piperidine rings is 1. The molecule has 138 valence electrons. The molecule has 0 saturated carbocycles. The van der Waals surface area contributed by atoms with Crippen LogP contribution in [0.2, 0.25) is 0 Å². The van der Waals surface area contributed by atoms with Crippen LogP contribution in [0.3, 0.4) is 0 Å². The van der Waals surface area contributed by atoms with E-state index in [0.29, 0.717) is 30.7 Å². The van der Waals surface area contributed by atoms with E-state index in [2.05, 4.69) is 0 Å². The number of carboxylic acid groups (broad SMARTS) is 1. The number of amides is 1. The Balaban J connectivity index is 1.97. The van der Waals surface area contributed by atoms with Gasteiger partial charge in [-0.1, -0.05) is 19.1 Å². The van der Waals surface area contributed by atoms with Crippen molar-refractivity contribution in [2.75, 3.05) is 12.3 Å². The van der Waals surface area contributed by atoms with E-state index >= 15 is 0 Å². The first-order valence-corrected chi connectivity index (χ1v) is 10.3. The first-order valence-electron chi connectivity index (χ1n) is 8.60. The number of hydrogen-bond acceptors (Lipinski definition) is 4. The molecule has 7 heteroatoms. The van der Waals surface area contributed by atoms with Crippen LogP contribution in [-0.2, 0) is 25.8 Å². The molecule has 0 radical (unpaired) electrons. The summed E-state index contributed by atoms with van der Waals surface area (Å²) in [4.78, 5) is 25.7. The zero-order valence-electron chi connectivity index (χ0n) is 14.6. The fourth-order valence-corrected chi connectivity index (χ4v) is 4.13. The summed E-state index contributed by atoms with van der Waals surface area (Å²) in [5.74, 6) is -1.35. The third kappa shape index (κ3) is 4.60. The van der Waals surface area contributed by atoms with Crippen LogP contribution in [0.5, 0.6) is 0 Å². The molecule has 6 nitrogen and oxygen atoms in total. The van der Waals surface area contributed by atoms with E-state index in [-0.39, 0.29) is 24.1 Å². The Kier molecular flexibility index (Phi) is 6.21. The van der Waals surface area contributed by atoms with E-state index in [9.17, 15) is 23.1 Å². The molecule has 0 spiro atoms. The number of hydrogen-bond donors (Lipinski definition) is 1. The average molecular weight is 367 g/mol. The van der Waals surface area contributed by atoms with Gasteiger partial charge in [0.05, 0.1) is 16.6 Å². The van der Waals surface area contributed by atoms with Crippen LogP contribution in [0.25, 0.3) is 0 Å². The maximum Gasteiger partial charge on any atom is 0.308 e. The van der Waals surface area contributed by atoms with Gasteiger partial charge in [0, 0.05) is 19.0 Å². The second kappa shape index (κ2) is 7.99. The average Bonchev–Trinajstić information content (AvgIpc) is 2.60. The summed E-state index contributed by atoms with van der Waals surface area (Å²) in [6, 6.07) is 6.31. The van der Waals surface area contributed by atoms with Crippen molar-refractivity contribution in [3.8, 4) is 0 Å². The second-order valence-corrected chi connectivity index (χ2v) is 8.74. The highest BCUT2D eigenvalue weighted by Crippen LogP contribution is 2.24. The van der Waals surface area contributed by atoms with E-state index in [1.165, 1.54) is 0 Å². The number of carbonyl (C=O) groups is 2. The van der Waals surface area contributed by atoms with Crippen molar-refractivity contribution in [3.63, 3.8) is 0 Å². The molecule has 0 bridgehead atoms. The number of nitrogens with zero attached hydrogens (tertiary/aromatic N) is 1. The molecule has 0 unspecified atom stereocenters. The lowest BCUT2D eigenvalue weighted by Gasteiger charge is -2.37. The molecule has 0 aromatic heterocycles. The van der Waals surface area contributed by atoms with Gasteiger partial charge in [0.15, 0.2) is 9.84 Å². The summed E-state index contributed by atoms with van der Waals surface area (Å²) in [7, 11) is -3.22. The van der Waals surface area contributed by atoms with Crippen molar-refractivity contribution >= 4 is 21.7 Å². The number of sulfone groups is 1. The topological polar surface area (TPSA) is 91.8 Å². The molecule has 2 rings (SSSR count). The van der Waals surface area contributed by atoms with Gasteiger partial charge in [-0.25, -0.2) is 8.42 Å². The van der Waals surface area contributed by atoms with Crippen LogP contribution in [0.4, 0.5) is 0 Å². The molecular weight excluding hydrogens is 342 g/mol. The van der Waals surface area contributed by atoms with Gasteiger partial charge in [-0.2, -0.15) is 0 Å². The van der Waals surface area contributed by atoms with Crippen LogP contribution in [0.15, 0.2) is 29.2 Å². The first kappa shape index (κ1) is 19.4. The number of aliphatic carboxylic acids is 1. The van der Waals surface area contributed by atoms with Crippen LogP contribution >= 0.6 is 0 Å². The van der Waals surface area contributed by atoms with Crippen molar-refractivity contribution in [3.05, 3.63) is 29.8 Å². The van der Waals surface area contributed by atoms with E-state index in [1.54, 1.807) is 43.0 Å². The minimum Gasteiger partial charge on any atom is -0.481 e. The van der Waals surface area contributed by atoms with Gasteiger partial charge in [0.25, 0.3) is 0 Å². The summed E-state index contributed by atoms with van der Waals surface area (Å²) in [5.41, 5.74) is 0.892. The maximum absolute atomic E-state index is 12.5. The zero-order valence-corrected chi connectivity index (χ0v) is 15.5. The van der Waals surface area contributed by atoms with Crippen LogP contribution in [-0.4, -0.2) is 48.6 Å². The number of likely N-dealkylation sites (tertiary alicyclic amines) is 1. The third-order valence-electron chi connectivity index (χ3n) is 4.92. The van der Waals surface area contributed by atoms with Crippen molar-refractivity contribution in [2.24, 2.45) is 5.92 Å². The Morgan fingerprint density at radius 1 is 1.24 bits per heavy atom. The van der Waals surface area contributed by atoms with E-state index in [1.807, 2.05) is 0 Å². The van der Waals surface area contributed by atoms with E-state index in [0.717, 1.165) is 5.56 Å². The van der Waals surface area contributed by atoms with Gasteiger partial charge in [0.2, 0.25) is 5.91 Å². The fraction of sp³-hybridized carbons (Fsp3) is 0.556. The molecule has 1 aromatic rings.